The average Bonchev–Trinajstić information content (AvgIpc) is 2.47. The van der Waals surface area contributed by atoms with Crippen LogP contribution in [0.3, 0.4) is 0 Å². The first kappa shape index (κ1) is 14.6. The number of rotatable bonds is 4. The molecule has 0 aliphatic carbocycles. The number of benzene rings is 1. The third kappa shape index (κ3) is 3.21. The Bertz CT molecular complexity index is 795. The number of aromatic nitrogens is 1. The molecule has 0 saturated carbocycles. The van der Waals surface area contributed by atoms with Crippen LogP contribution in [0.25, 0.3) is 0 Å². The smallest absolute Gasteiger partial charge is 0.263 e. The predicted molar refractivity (Wildman–Crippen MR) is 77.2 cm³/mol. The summed E-state index contributed by atoms with van der Waals surface area (Å²) in [7, 11) is -2.39. The van der Waals surface area contributed by atoms with Crippen LogP contribution in [0, 0.1) is 11.3 Å². The number of nitrogens with two attached hydrogens (primary N) is 1. The number of pyridine rings is 1. The highest BCUT2D eigenvalue weighted by atomic mass is 32.2. The van der Waals surface area contributed by atoms with Crippen molar-refractivity contribution in [3.05, 3.63) is 42.1 Å². The molecule has 0 fully saturated rings. The molecule has 0 aliphatic rings. The summed E-state index contributed by atoms with van der Waals surface area (Å²) in [5.41, 5.74) is 6.25. The van der Waals surface area contributed by atoms with E-state index in [0.717, 1.165) is 0 Å². The number of anilines is 2. The van der Waals surface area contributed by atoms with E-state index in [4.69, 9.17) is 15.7 Å². The summed E-state index contributed by atoms with van der Waals surface area (Å²) in [5.74, 6) is 0.371. The third-order valence-electron chi connectivity index (χ3n) is 2.63. The van der Waals surface area contributed by atoms with Gasteiger partial charge in [0, 0.05) is 6.07 Å². The first-order valence-electron chi connectivity index (χ1n) is 5.79. The van der Waals surface area contributed by atoms with E-state index >= 15 is 0 Å². The highest BCUT2D eigenvalue weighted by molar-refractivity contribution is 7.92. The van der Waals surface area contributed by atoms with Gasteiger partial charge < -0.3 is 10.5 Å². The zero-order valence-electron chi connectivity index (χ0n) is 11.1. The Kier molecular flexibility index (Phi) is 3.95. The number of nitrogens with one attached hydrogen (secondary N) is 1. The van der Waals surface area contributed by atoms with Gasteiger partial charge in [-0.25, -0.2) is 13.4 Å². The number of ether oxygens (including phenoxy) is 1. The van der Waals surface area contributed by atoms with E-state index in [-0.39, 0.29) is 21.8 Å². The molecule has 0 unspecified atom stereocenters. The number of sulfonamides is 1. The third-order valence-corrected chi connectivity index (χ3v) is 4.08. The van der Waals surface area contributed by atoms with E-state index in [0.29, 0.717) is 5.88 Å². The van der Waals surface area contributed by atoms with Gasteiger partial charge in [0.25, 0.3) is 10.0 Å². The lowest BCUT2D eigenvalue weighted by atomic mass is 10.2. The number of nitriles is 1. The number of hydrogen-bond donors (Lipinski definition) is 2. The number of nitrogens with zero attached hydrogens (tertiary/aromatic N) is 2. The fourth-order valence-electron chi connectivity index (χ4n) is 1.63. The van der Waals surface area contributed by atoms with Crippen LogP contribution in [0.2, 0.25) is 0 Å². The molecule has 0 spiro atoms. The van der Waals surface area contributed by atoms with Crippen molar-refractivity contribution in [3.8, 4) is 11.9 Å². The summed E-state index contributed by atoms with van der Waals surface area (Å²) in [6, 6.07) is 8.91. The number of methoxy groups -OCH3 is 1. The van der Waals surface area contributed by atoms with Gasteiger partial charge in [-0.2, -0.15) is 5.26 Å². The van der Waals surface area contributed by atoms with Crippen molar-refractivity contribution in [2.75, 3.05) is 17.6 Å². The molecule has 0 bridgehead atoms. The quantitative estimate of drug-likeness (QED) is 0.823. The molecule has 1 heterocycles. The van der Waals surface area contributed by atoms with Crippen molar-refractivity contribution in [2.45, 2.75) is 4.90 Å². The molecular formula is C13H12N4O3S. The van der Waals surface area contributed by atoms with Gasteiger partial charge in [0.2, 0.25) is 5.88 Å². The van der Waals surface area contributed by atoms with Crippen molar-refractivity contribution >= 4 is 21.4 Å². The van der Waals surface area contributed by atoms with Gasteiger partial charge in [0.1, 0.15) is 4.90 Å². The van der Waals surface area contributed by atoms with Crippen LogP contribution >= 0.6 is 0 Å². The fourth-order valence-corrected chi connectivity index (χ4v) is 2.79. The van der Waals surface area contributed by atoms with Gasteiger partial charge in [-0.1, -0.05) is 0 Å². The first-order chi connectivity index (χ1) is 9.96. The maximum atomic E-state index is 12.2. The first-order valence-corrected chi connectivity index (χ1v) is 7.27. The molecule has 1 aromatic heterocycles. The summed E-state index contributed by atoms with van der Waals surface area (Å²) >= 11 is 0. The topological polar surface area (TPSA) is 118 Å². The van der Waals surface area contributed by atoms with Crippen molar-refractivity contribution < 1.29 is 13.2 Å². The highest BCUT2D eigenvalue weighted by Gasteiger charge is 2.18. The summed E-state index contributed by atoms with van der Waals surface area (Å²) in [6.07, 6.45) is 1.33. The number of hydrogen-bond acceptors (Lipinski definition) is 6. The van der Waals surface area contributed by atoms with Gasteiger partial charge in [-0.3, -0.25) is 4.72 Å². The molecule has 2 rings (SSSR count). The van der Waals surface area contributed by atoms with Gasteiger partial charge in [-0.05, 0) is 24.3 Å². The second kappa shape index (κ2) is 5.68. The Balaban J connectivity index is 2.31. The van der Waals surface area contributed by atoms with Crippen molar-refractivity contribution in [2.24, 2.45) is 0 Å². The van der Waals surface area contributed by atoms with E-state index in [2.05, 4.69) is 9.71 Å². The van der Waals surface area contributed by atoms with Gasteiger partial charge in [0.05, 0.1) is 36.3 Å². The normalized spacial score (nSPS) is 10.7. The van der Waals surface area contributed by atoms with E-state index in [9.17, 15) is 8.42 Å². The van der Waals surface area contributed by atoms with Crippen molar-refractivity contribution in [1.82, 2.24) is 4.98 Å². The molecule has 0 aliphatic heterocycles. The molecule has 0 saturated heterocycles. The maximum Gasteiger partial charge on any atom is 0.263 e. The van der Waals surface area contributed by atoms with Crippen molar-refractivity contribution in [1.29, 1.82) is 5.26 Å². The molecule has 7 nitrogen and oxygen atoms in total. The molecule has 108 valence electrons. The van der Waals surface area contributed by atoms with E-state index < -0.39 is 10.0 Å². The van der Waals surface area contributed by atoms with Crippen LogP contribution in [0.4, 0.5) is 11.4 Å². The Morgan fingerprint density at radius 2 is 2.10 bits per heavy atom. The zero-order chi connectivity index (χ0) is 15.5. The molecule has 3 N–H and O–H groups in total. The van der Waals surface area contributed by atoms with Crippen LogP contribution < -0.4 is 15.2 Å². The SMILES string of the molecule is COc1ccc(NS(=O)(=O)c2ccc(C#N)cc2N)cn1. The van der Waals surface area contributed by atoms with Crippen LogP contribution in [-0.4, -0.2) is 20.5 Å². The Labute approximate surface area is 122 Å². The minimum atomic E-state index is -3.85. The Morgan fingerprint density at radius 1 is 1.33 bits per heavy atom. The second-order valence-corrected chi connectivity index (χ2v) is 5.71. The van der Waals surface area contributed by atoms with Crippen molar-refractivity contribution in [3.63, 3.8) is 0 Å². The minimum Gasteiger partial charge on any atom is -0.481 e. The lowest BCUT2D eigenvalue weighted by molar-refractivity contribution is 0.398. The standard InChI is InChI=1S/C13H12N4O3S/c1-20-13-5-3-10(8-16-13)17-21(18,19)12-4-2-9(7-14)6-11(12)15/h2-6,8,17H,15H2,1H3. The molecule has 0 atom stereocenters. The highest BCUT2D eigenvalue weighted by Crippen LogP contribution is 2.22. The Morgan fingerprint density at radius 3 is 2.62 bits per heavy atom. The molecule has 2 aromatic rings. The van der Waals surface area contributed by atoms with Crippen LogP contribution in [0.1, 0.15) is 5.56 Å². The summed E-state index contributed by atoms with van der Waals surface area (Å²) < 4.78 is 31.7. The van der Waals surface area contributed by atoms with Gasteiger partial charge in [0.15, 0.2) is 0 Å². The Hall–Kier alpha value is -2.79. The lowest BCUT2D eigenvalue weighted by Crippen LogP contribution is -2.15. The van der Waals surface area contributed by atoms with E-state index in [1.165, 1.54) is 43.6 Å². The average molecular weight is 304 g/mol. The summed E-state index contributed by atoms with van der Waals surface area (Å²) in [4.78, 5) is 3.80. The molecule has 21 heavy (non-hydrogen) atoms. The van der Waals surface area contributed by atoms with Crippen LogP contribution in [-0.2, 0) is 10.0 Å². The number of nitrogen functional groups attached to an aromatic ring is 1. The fraction of sp³-hybridized carbons (Fsp3) is 0.0769. The molecule has 0 radical (unpaired) electrons. The summed E-state index contributed by atoms with van der Waals surface area (Å²) in [5, 5.41) is 8.75. The van der Waals surface area contributed by atoms with E-state index in [1.807, 2.05) is 6.07 Å². The van der Waals surface area contributed by atoms with Gasteiger partial charge in [-0.15, -0.1) is 0 Å². The lowest BCUT2D eigenvalue weighted by Gasteiger charge is -2.10. The van der Waals surface area contributed by atoms with Crippen LogP contribution in [0.5, 0.6) is 5.88 Å². The largest absolute Gasteiger partial charge is 0.481 e. The molecular weight excluding hydrogens is 292 g/mol. The second-order valence-electron chi connectivity index (χ2n) is 4.06. The summed E-state index contributed by atoms with van der Waals surface area (Å²) in [6.45, 7) is 0. The predicted octanol–water partition coefficient (Wildman–Crippen LogP) is 1.34. The molecule has 0 amide bonds. The van der Waals surface area contributed by atoms with Gasteiger partial charge >= 0.3 is 0 Å². The van der Waals surface area contributed by atoms with Crippen LogP contribution in [0.15, 0.2) is 41.4 Å². The monoisotopic (exact) mass is 304 g/mol. The maximum absolute atomic E-state index is 12.2. The molecule has 8 heteroatoms. The minimum absolute atomic E-state index is 0.00280. The molecule has 1 aromatic carbocycles. The van der Waals surface area contributed by atoms with E-state index in [1.54, 1.807) is 0 Å². The zero-order valence-corrected chi connectivity index (χ0v) is 11.9.